The first-order chi connectivity index (χ1) is 13.2. The lowest BCUT2D eigenvalue weighted by molar-refractivity contribution is -0.117. The van der Waals surface area contributed by atoms with Crippen LogP contribution in [0.5, 0.6) is 5.75 Å². The predicted octanol–water partition coefficient (Wildman–Crippen LogP) is 3.45. The van der Waals surface area contributed by atoms with Gasteiger partial charge in [0, 0.05) is 25.3 Å². The summed E-state index contributed by atoms with van der Waals surface area (Å²) >= 11 is 0. The number of carbonyl (C=O) groups excluding carboxylic acids is 1. The summed E-state index contributed by atoms with van der Waals surface area (Å²) in [5, 5.41) is 2.65. The number of halogens is 1. The smallest absolute Gasteiger partial charge is 0.238 e. The summed E-state index contributed by atoms with van der Waals surface area (Å²) in [6.45, 7) is 2.10. The average Bonchev–Trinajstić information content (AvgIpc) is 3.17. The second-order valence-electron chi connectivity index (χ2n) is 6.64. The fourth-order valence-electron chi connectivity index (χ4n) is 3.29. The fourth-order valence-corrected chi connectivity index (χ4v) is 3.29. The highest BCUT2D eigenvalue weighted by atomic mass is 19.1. The van der Waals surface area contributed by atoms with Gasteiger partial charge in [0.1, 0.15) is 11.6 Å². The first kappa shape index (κ1) is 19.3. The number of hydrogen-bond donors (Lipinski definition) is 1. The van der Waals surface area contributed by atoms with Gasteiger partial charge in [-0.1, -0.05) is 30.3 Å². The SMILES string of the molecule is COc1ccccc1CN(CC(=O)Nc1ccccc1F)CC1CCCO1. The summed E-state index contributed by atoms with van der Waals surface area (Å²) < 4.78 is 25.0. The molecule has 1 heterocycles. The molecule has 0 radical (unpaired) electrons. The molecule has 1 N–H and O–H groups in total. The van der Waals surface area contributed by atoms with Gasteiger partial charge in [0.25, 0.3) is 0 Å². The van der Waals surface area contributed by atoms with E-state index in [0.717, 1.165) is 30.8 Å². The highest BCUT2D eigenvalue weighted by Gasteiger charge is 2.22. The van der Waals surface area contributed by atoms with Gasteiger partial charge in [0.2, 0.25) is 5.91 Å². The molecule has 6 heteroatoms. The molecule has 0 spiro atoms. The molecule has 1 fully saturated rings. The maximum absolute atomic E-state index is 13.8. The zero-order chi connectivity index (χ0) is 19.1. The Morgan fingerprint density at radius 3 is 2.78 bits per heavy atom. The number of nitrogens with one attached hydrogen (secondary N) is 1. The largest absolute Gasteiger partial charge is 0.496 e. The van der Waals surface area contributed by atoms with Crippen molar-refractivity contribution >= 4 is 11.6 Å². The van der Waals surface area contributed by atoms with E-state index in [1.54, 1.807) is 25.3 Å². The van der Waals surface area contributed by atoms with E-state index in [1.165, 1.54) is 6.07 Å². The Hall–Kier alpha value is -2.44. The lowest BCUT2D eigenvalue weighted by Gasteiger charge is -2.25. The molecule has 1 atom stereocenters. The number of methoxy groups -OCH3 is 1. The summed E-state index contributed by atoms with van der Waals surface area (Å²) in [6.07, 6.45) is 2.13. The van der Waals surface area contributed by atoms with Crippen molar-refractivity contribution in [2.45, 2.75) is 25.5 Å². The first-order valence-corrected chi connectivity index (χ1v) is 9.16. The van der Waals surface area contributed by atoms with Crippen LogP contribution in [-0.2, 0) is 16.1 Å². The normalized spacial score (nSPS) is 16.5. The van der Waals surface area contributed by atoms with Gasteiger partial charge in [-0.2, -0.15) is 0 Å². The van der Waals surface area contributed by atoms with Crippen molar-refractivity contribution < 1.29 is 18.7 Å². The van der Waals surface area contributed by atoms with E-state index in [2.05, 4.69) is 5.32 Å². The molecule has 5 nitrogen and oxygen atoms in total. The van der Waals surface area contributed by atoms with Gasteiger partial charge in [0.15, 0.2) is 0 Å². The third-order valence-corrected chi connectivity index (χ3v) is 4.59. The maximum Gasteiger partial charge on any atom is 0.238 e. The molecule has 0 saturated carbocycles. The van der Waals surface area contributed by atoms with Crippen LogP contribution in [0.4, 0.5) is 10.1 Å². The van der Waals surface area contributed by atoms with Gasteiger partial charge in [0.05, 0.1) is 25.4 Å². The number of hydrogen-bond acceptors (Lipinski definition) is 4. The number of ether oxygens (including phenoxy) is 2. The zero-order valence-electron chi connectivity index (χ0n) is 15.5. The Labute approximate surface area is 159 Å². The Balaban J connectivity index is 1.69. The molecule has 1 aliphatic rings. The molecule has 0 aliphatic carbocycles. The number of anilines is 1. The van der Waals surface area contributed by atoms with Crippen molar-refractivity contribution in [3.8, 4) is 5.75 Å². The molecule has 27 heavy (non-hydrogen) atoms. The minimum absolute atomic E-state index is 0.112. The lowest BCUT2D eigenvalue weighted by atomic mass is 10.1. The van der Waals surface area contributed by atoms with Gasteiger partial charge >= 0.3 is 0 Å². The van der Waals surface area contributed by atoms with Gasteiger partial charge < -0.3 is 14.8 Å². The van der Waals surface area contributed by atoms with E-state index in [-0.39, 0.29) is 24.2 Å². The number of carbonyl (C=O) groups is 1. The minimum atomic E-state index is -0.443. The summed E-state index contributed by atoms with van der Waals surface area (Å²) in [5.41, 5.74) is 1.19. The van der Waals surface area contributed by atoms with Crippen LogP contribution < -0.4 is 10.1 Å². The van der Waals surface area contributed by atoms with Crippen molar-refractivity contribution in [3.63, 3.8) is 0 Å². The highest BCUT2D eigenvalue weighted by Crippen LogP contribution is 2.21. The van der Waals surface area contributed by atoms with Gasteiger partial charge in [-0.05, 0) is 31.0 Å². The summed E-state index contributed by atoms with van der Waals surface area (Å²) in [5.74, 6) is 0.0820. The van der Waals surface area contributed by atoms with Crippen LogP contribution in [0, 0.1) is 5.82 Å². The topological polar surface area (TPSA) is 50.8 Å². The van der Waals surface area contributed by atoms with Crippen LogP contribution in [0.1, 0.15) is 18.4 Å². The minimum Gasteiger partial charge on any atom is -0.496 e. The molecule has 1 amide bonds. The number of rotatable bonds is 8. The molecule has 2 aromatic rings. The molecule has 2 aromatic carbocycles. The quantitative estimate of drug-likeness (QED) is 0.771. The predicted molar refractivity (Wildman–Crippen MR) is 102 cm³/mol. The van der Waals surface area contributed by atoms with Crippen LogP contribution in [-0.4, -0.2) is 43.7 Å². The zero-order valence-corrected chi connectivity index (χ0v) is 15.5. The van der Waals surface area contributed by atoms with Gasteiger partial charge in [-0.15, -0.1) is 0 Å². The van der Waals surface area contributed by atoms with Gasteiger partial charge in [-0.3, -0.25) is 9.69 Å². The van der Waals surface area contributed by atoms with Crippen molar-refractivity contribution in [3.05, 3.63) is 59.9 Å². The van der Waals surface area contributed by atoms with Crippen LogP contribution in [0.25, 0.3) is 0 Å². The summed E-state index contributed by atoms with van der Waals surface area (Å²) in [6, 6.07) is 13.9. The van der Waals surface area contributed by atoms with Gasteiger partial charge in [-0.25, -0.2) is 4.39 Å². The van der Waals surface area contributed by atoms with E-state index in [1.807, 2.05) is 29.2 Å². The number of nitrogens with zero attached hydrogens (tertiary/aromatic N) is 1. The maximum atomic E-state index is 13.8. The second kappa shape index (κ2) is 9.48. The molecule has 144 valence electrons. The second-order valence-corrected chi connectivity index (χ2v) is 6.64. The monoisotopic (exact) mass is 372 g/mol. The molecule has 3 rings (SSSR count). The van der Waals surface area contributed by atoms with E-state index in [4.69, 9.17) is 9.47 Å². The Morgan fingerprint density at radius 2 is 2.04 bits per heavy atom. The standard InChI is InChI=1S/C21H25FN2O3/c1-26-20-11-5-2-7-16(20)13-24(14-17-8-6-12-27-17)15-21(25)23-19-10-4-3-9-18(19)22/h2-5,7,9-11,17H,6,8,12-15H2,1H3,(H,23,25). The third kappa shape index (κ3) is 5.52. The molecule has 1 unspecified atom stereocenters. The van der Waals surface area contributed by atoms with Crippen molar-refractivity contribution in [2.75, 3.05) is 32.1 Å². The molecule has 0 aromatic heterocycles. The fraction of sp³-hybridized carbons (Fsp3) is 0.381. The average molecular weight is 372 g/mol. The Bertz CT molecular complexity index is 763. The molecular formula is C21H25FN2O3. The van der Waals surface area contributed by atoms with E-state index < -0.39 is 5.82 Å². The highest BCUT2D eigenvalue weighted by molar-refractivity contribution is 5.92. The molecule has 1 aliphatic heterocycles. The van der Waals surface area contributed by atoms with Crippen LogP contribution in [0.15, 0.2) is 48.5 Å². The molecule has 0 bridgehead atoms. The Kier molecular flexibility index (Phi) is 6.79. The lowest BCUT2D eigenvalue weighted by Crippen LogP contribution is -2.38. The first-order valence-electron chi connectivity index (χ1n) is 9.16. The number of para-hydroxylation sites is 2. The van der Waals surface area contributed by atoms with Crippen LogP contribution >= 0.6 is 0 Å². The van der Waals surface area contributed by atoms with E-state index >= 15 is 0 Å². The summed E-state index contributed by atoms with van der Waals surface area (Å²) in [7, 11) is 1.63. The van der Waals surface area contributed by atoms with Crippen molar-refractivity contribution in [1.29, 1.82) is 0 Å². The third-order valence-electron chi connectivity index (χ3n) is 4.59. The van der Waals surface area contributed by atoms with Crippen LogP contribution in [0.3, 0.4) is 0 Å². The number of benzene rings is 2. The molecular weight excluding hydrogens is 347 g/mol. The number of amides is 1. The van der Waals surface area contributed by atoms with Crippen molar-refractivity contribution in [1.82, 2.24) is 4.90 Å². The molecule has 1 saturated heterocycles. The summed E-state index contributed by atoms with van der Waals surface area (Å²) in [4.78, 5) is 14.5. The van der Waals surface area contributed by atoms with Crippen molar-refractivity contribution in [2.24, 2.45) is 0 Å². The van der Waals surface area contributed by atoms with Crippen LogP contribution in [0.2, 0.25) is 0 Å². The van der Waals surface area contributed by atoms with E-state index in [9.17, 15) is 9.18 Å². The van der Waals surface area contributed by atoms with E-state index in [0.29, 0.717) is 13.1 Å². The Morgan fingerprint density at radius 1 is 1.26 bits per heavy atom.